The first-order chi connectivity index (χ1) is 13.6. The van der Waals surface area contributed by atoms with E-state index in [1.807, 2.05) is 49.4 Å². The summed E-state index contributed by atoms with van der Waals surface area (Å²) in [4.78, 5) is 24.2. The smallest absolute Gasteiger partial charge is 0.323 e. The average Bonchev–Trinajstić information content (AvgIpc) is 2.68. The summed E-state index contributed by atoms with van der Waals surface area (Å²) in [6, 6.07) is 23.3. The van der Waals surface area contributed by atoms with Gasteiger partial charge in [0.1, 0.15) is 0 Å². The molecule has 3 rings (SSSR count). The van der Waals surface area contributed by atoms with Crippen LogP contribution in [0.1, 0.15) is 11.1 Å². The summed E-state index contributed by atoms with van der Waals surface area (Å²) in [6.45, 7) is 2.44. The van der Waals surface area contributed by atoms with Crippen LogP contribution in [0.5, 0.6) is 0 Å². The number of nitrogens with one attached hydrogen (secondary N) is 4. The molecule has 0 aliphatic rings. The molecule has 0 aliphatic carbocycles. The molecule has 3 aromatic carbocycles. The van der Waals surface area contributed by atoms with Gasteiger partial charge in [-0.3, -0.25) is 0 Å². The van der Waals surface area contributed by atoms with Gasteiger partial charge in [-0.05, 0) is 48.4 Å². The van der Waals surface area contributed by atoms with Gasteiger partial charge in [-0.25, -0.2) is 9.59 Å². The van der Waals surface area contributed by atoms with Gasteiger partial charge >= 0.3 is 12.1 Å². The van der Waals surface area contributed by atoms with E-state index in [9.17, 15) is 9.59 Å². The van der Waals surface area contributed by atoms with Crippen molar-refractivity contribution in [2.75, 3.05) is 16.0 Å². The molecule has 0 fully saturated rings. The second-order valence-corrected chi connectivity index (χ2v) is 6.26. The van der Waals surface area contributed by atoms with Crippen LogP contribution in [0.25, 0.3) is 0 Å². The van der Waals surface area contributed by atoms with Crippen LogP contribution in [0.15, 0.2) is 78.9 Å². The van der Waals surface area contributed by atoms with Crippen LogP contribution in [0.2, 0.25) is 0 Å². The molecule has 0 saturated carbocycles. The van der Waals surface area contributed by atoms with E-state index < -0.39 is 0 Å². The van der Waals surface area contributed by atoms with E-state index in [0.717, 1.165) is 11.1 Å². The van der Waals surface area contributed by atoms with Gasteiger partial charge in [0.25, 0.3) is 0 Å². The fourth-order valence-corrected chi connectivity index (χ4v) is 2.65. The van der Waals surface area contributed by atoms with E-state index in [4.69, 9.17) is 0 Å². The third-order valence-corrected chi connectivity index (χ3v) is 4.11. The van der Waals surface area contributed by atoms with Crippen LogP contribution >= 0.6 is 0 Å². The van der Waals surface area contributed by atoms with Crippen LogP contribution < -0.4 is 21.3 Å². The maximum absolute atomic E-state index is 12.1. The zero-order valence-electron chi connectivity index (χ0n) is 15.5. The van der Waals surface area contributed by atoms with E-state index in [1.54, 1.807) is 36.4 Å². The third-order valence-electron chi connectivity index (χ3n) is 4.11. The highest BCUT2D eigenvalue weighted by Gasteiger charge is 2.06. The molecule has 0 radical (unpaired) electrons. The summed E-state index contributed by atoms with van der Waals surface area (Å²) in [5, 5.41) is 11.1. The molecule has 0 aliphatic heterocycles. The molecular formula is C22H22N4O2. The Morgan fingerprint density at radius 1 is 0.679 bits per heavy atom. The molecule has 3 aromatic rings. The molecule has 0 heterocycles. The number of carbonyl (C=O) groups is 2. The van der Waals surface area contributed by atoms with Gasteiger partial charge < -0.3 is 21.3 Å². The van der Waals surface area contributed by atoms with Gasteiger partial charge in [0.15, 0.2) is 0 Å². The van der Waals surface area contributed by atoms with Gasteiger partial charge in [-0.2, -0.15) is 0 Å². The largest absolute Gasteiger partial charge is 0.334 e. The maximum Gasteiger partial charge on any atom is 0.323 e. The molecule has 0 atom stereocenters. The number of rotatable bonds is 5. The van der Waals surface area contributed by atoms with E-state index >= 15 is 0 Å². The van der Waals surface area contributed by atoms with Crippen LogP contribution in [0.4, 0.5) is 26.7 Å². The van der Waals surface area contributed by atoms with Crippen molar-refractivity contribution in [3.63, 3.8) is 0 Å². The fraction of sp³-hybridized carbons (Fsp3) is 0.0909. The molecule has 4 N–H and O–H groups in total. The lowest BCUT2D eigenvalue weighted by molar-refractivity contribution is 0.251. The molecule has 0 spiro atoms. The molecule has 6 heteroatoms. The number of carbonyl (C=O) groups excluding carboxylic acids is 2. The molecule has 4 amide bonds. The zero-order valence-corrected chi connectivity index (χ0v) is 15.5. The topological polar surface area (TPSA) is 82.3 Å². The monoisotopic (exact) mass is 374 g/mol. The van der Waals surface area contributed by atoms with Crippen LogP contribution in [0.3, 0.4) is 0 Å². The van der Waals surface area contributed by atoms with Crippen molar-refractivity contribution in [2.45, 2.75) is 13.5 Å². The maximum atomic E-state index is 12.1. The SMILES string of the molecule is Cc1ccccc1CNC(=O)Nc1cccc(NC(=O)Nc2ccccc2)c1. The van der Waals surface area contributed by atoms with Gasteiger partial charge in [0.05, 0.1) is 0 Å². The van der Waals surface area contributed by atoms with Crippen molar-refractivity contribution in [2.24, 2.45) is 0 Å². The first kappa shape index (κ1) is 19.0. The van der Waals surface area contributed by atoms with Gasteiger partial charge in [-0.1, -0.05) is 48.5 Å². The van der Waals surface area contributed by atoms with E-state index in [2.05, 4.69) is 21.3 Å². The first-order valence-electron chi connectivity index (χ1n) is 8.92. The Bertz CT molecular complexity index is 958. The van der Waals surface area contributed by atoms with Crippen molar-refractivity contribution in [3.05, 3.63) is 90.0 Å². The minimum Gasteiger partial charge on any atom is -0.334 e. The van der Waals surface area contributed by atoms with Crippen molar-refractivity contribution in [1.29, 1.82) is 0 Å². The Morgan fingerprint density at radius 3 is 1.96 bits per heavy atom. The first-order valence-corrected chi connectivity index (χ1v) is 8.92. The lowest BCUT2D eigenvalue weighted by atomic mass is 10.1. The Balaban J connectivity index is 1.53. The number of benzene rings is 3. The van der Waals surface area contributed by atoms with E-state index in [1.165, 1.54) is 0 Å². The number of hydrogen-bond donors (Lipinski definition) is 4. The Hall–Kier alpha value is -3.80. The van der Waals surface area contributed by atoms with Crippen molar-refractivity contribution in [1.82, 2.24) is 5.32 Å². The number of aryl methyl sites for hydroxylation is 1. The highest BCUT2D eigenvalue weighted by atomic mass is 16.2. The summed E-state index contributed by atoms with van der Waals surface area (Å²) < 4.78 is 0. The lowest BCUT2D eigenvalue weighted by Gasteiger charge is -2.11. The van der Waals surface area contributed by atoms with Gasteiger partial charge in [0.2, 0.25) is 0 Å². The molecule has 142 valence electrons. The normalized spacial score (nSPS) is 10.0. The average molecular weight is 374 g/mol. The minimum absolute atomic E-state index is 0.311. The number of hydrogen-bond acceptors (Lipinski definition) is 2. The van der Waals surface area contributed by atoms with E-state index in [0.29, 0.717) is 23.6 Å². The summed E-state index contributed by atoms with van der Waals surface area (Å²) in [5.74, 6) is 0. The molecule has 0 unspecified atom stereocenters. The highest BCUT2D eigenvalue weighted by Crippen LogP contribution is 2.16. The lowest BCUT2D eigenvalue weighted by Crippen LogP contribution is -2.28. The Morgan fingerprint density at radius 2 is 1.25 bits per heavy atom. The van der Waals surface area contributed by atoms with Crippen molar-refractivity contribution < 1.29 is 9.59 Å². The zero-order chi connectivity index (χ0) is 19.8. The van der Waals surface area contributed by atoms with Crippen molar-refractivity contribution in [3.8, 4) is 0 Å². The number of para-hydroxylation sites is 1. The van der Waals surface area contributed by atoms with Gasteiger partial charge in [-0.15, -0.1) is 0 Å². The number of anilines is 3. The summed E-state index contributed by atoms with van der Waals surface area (Å²) in [5.41, 5.74) is 4.04. The molecule has 0 saturated heterocycles. The second-order valence-electron chi connectivity index (χ2n) is 6.26. The standard InChI is InChI=1S/C22H22N4O2/c1-16-8-5-6-9-17(16)15-23-21(27)25-19-12-7-13-20(14-19)26-22(28)24-18-10-3-2-4-11-18/h2-14H,15H2,1H3,(H2,23,25,27)(H2,24,26,28). The second kappa shape index (κ2) is 9.23. The van der Waals surface area contributed by atoms with Crippen molar-refractivity contribution >= 4 is 29.1 Å². The van der Waals surface area contributed by atoms with Crippen LogP contribution in [-0.2, 0) is 6.54 Å². The third kappa shape index (κ3) is 5.60. The molecule has 0 bridgehead atoms. The Kier molecular flexibility index (Phi) is 6.25. The van der Waals surface area contributed by atoms with Crippen LogP contribution in [0, 0.1) is 6.92 Å². The summed E-state index contributed by atoms with van der Waals surface area (Å²) in [7, 11) is 0. The highest BCUT2D eigenvalue weighted by molar-refractivity contribution is 6.00. The quantitative estimate of drug-likeness (QED) is 0.509. The van der Waals surface area contributed by atoms with Gasteiger partial charge in [0, 0.05) is 23.6 Å². The molecule has 28 heavy (non-hydrogen) atoms. The fourth-order valence-electron chi connectivity index (χ4n) is 2.65. The van der Waals surface area contributed by atoms with Crippen LogP contribution in [-0.4, -0.2) is 12.1 Å². The minimum atomic E-state index is -0.354. The predicted molar refractivity (Wildman–Crippen MR) is 113 cm³/mol. The number of urea groups is 2. The molecule has 6 nitrogen and oxygen atoms in total. The molecular weight excluding hydrogens is 352 g/mol. The predicted octanol–water partition coefficient (Wildman–Crippen LogP) is 4.96. The summed E-state index contributed by atoms with van der Waals surface area (Å²) >= 11 is 0. The number of amides is 4. The van der Waals surface area contributed by atoms with E-state index in [-0.39, 0.29) is 12.1 Å². The Labute approximate surface area is 164 Å². The summed E-state index contributed by atoms with van der Waals surface area (Å²) in [6.07, 6.45) is 0. The molecule has 0 aromatic heterocycles.